The maximum Gasteiger partial charge on any atom is 0.326 e. The van der Waals surface area contributed by atoms with E-state index in [4.69, 9.17) is 10.2 Å². The van der Waals surface area contributed by atoms with Gasteiger partial charge >= 0.3 is 11.9 Å². The Kier molecular flexibility index (Phi) is 9.73. The normalized spacial score (nSPS) is 11.8. The minimum atomic E-state index is -1.66. The molecule has 0 aliphatic rings. The van der Waals surface area contributed by atoms with Crippen molar-refractivity contribution in [3.05, 3.63) is 29.1 Å². The van der Waals surface area contributed by atoms with Crippen LogP contribution < -0.4 is 10.2 Å². The number of halogens is 5. The number of nitrogens with zero attached hydrogens (tertiary/aromatic N) is 1. The van der Waals surface area contributed by atoms with E-state index in [0.29, 0.717) is 16.7 Å². The highest BCUT2D eigenvalue weighted by Gasteiger charge is 2.28. The third kappa shape index (κ3) is 6.36. The Balaban J connectivity index is 3.19. The molecule has 1 rings (SSSR count). The Labute approximate surface area is 175 Å². The fourth-order valence-electron chi connectivity index (χ4n) is 2.34. The maximum absolute atomic E-state index is 14.5. The zero-order chi connectivity index (χ0) is 21.4. The van der Waals surface area contributed by atoms with Crippen molar-refractivity contribution in [2.24, 2.45) is 0 Å². The lowest BCUT2D eigenvalue weighted by molar-refractivity contribution is -0.140. The van der Waals surface area contributed by atoms with Gasteiger partial charge in [0.2, 0.25) is 0 Å². The van der Waals surface area contributed by atoms with Gasteiger partial charge in [0.15, 0.2) is 17.5 Å². The number of carboxylic acids is 2. The summed E-state index contributed by atoms with van der Waals surface area (Å²) in [6.07, 6.45) is -1.05. The Morgan fingerprint density at radius 2 is 1.64 bits per heavy atom. The first-order valence-electron chi connectivity index (χ1n) is 7.93. The Morgan fingerprint density at radius 3 is 2.11 bits per heavy atom. The van der Waals surface area contributed by atoms with Gasteiger partial charge in [0, 0.05) is 30.2 Å². The molecule has 0 aromatic heterocycles. The molecule has 7 nitrogen and oxygen atoms in total. The molecule has 0 saturated heterocycles. The Hall–Kier alpha value is -1.82. The van der Waals surface area contributed by atoms with E-state index in [1.807, 2.05) is 5.32 Å². The minimum Gasteiger partial charge on any atom is -0.481 e. The molecule has 1 aromatic rings. The summed E-state index contributed by atoms with van der Waals surface area (Å²) in [6.45, 7) is 0.335. The molecule has 0 aliphatic heterocycles. The van der Waals surface area contributed by atoms with Crippen molar-refractivity contribution in [3.8, 4) is 0 Å². The van der Waals surface area contributed by atoms with Gasteiger partial charge in [0.05, 0.1) is 5.56 Å². The number of nitrogens with one attached hydrogen (secondary N) is 1. The van der Waals surface area contributed by atoms with Crippen LogP contribution in [0.3, 0.4) is 0 Å². The van der Waals surface area contributed by atoms with Crippen LogP contribution in [0, 0.1) is 17.5 Å². The first kappa shape index (κ1) is 24.2. The standard InChI is InChI=1S/C16H17Br2F3N2O5/c17-3-5-23(6-4-18)14-9(19)7-8(12(20)13(14)21)15(26)22-10(16(27)28)1-2-11(24)25/h7,10H,1-6H2,(H,22,26)(H,24,25)(H,27,28)/t10-/m0/s1. The van der Waals surface area contributed by atoms with Crippen molar-refractivity contribution >= 4 is 55.4 Å². The number of amides is 1. The molecule has 0 bridgehead atoms. The van der Waals surface area contributed by atoms with Crippen molar-refractivity contribution in [2.75, 3.05) is 28.6 Å². The van der Waals surface area contributed by atoms with Gasteiger partial charge in [0.25, 0.3) is 5.91 Å². The van der Waals surface area contributed by atoms with E-state index < -0.39 is 65.4 Å². The van der Waals surface area contributed by atoms with Crippen molar-refractivity contribution in [3.63, 3.8) is 0 Å². The Morgan fingerprint density at radius 1 is 1.07 bits per heavy atom. The van der Waals surface area contributed by atoms with E-state index in [1.165, 1.54) is 4.90 Å². The number of rotatable bonds is 11. The number of hydrogen-bond acceptors (Lipinski definition) is 4. The van der Waals surface area contributed by atoms with Crippen molar-refractivity contribution < 1.29 is 37.8 Å². The summed E-state index contributed by atoms with van der Waals surface area (Å²) in [5, 5.41) is 20.2. The largest absolute Gasteiger partial charge is 0.481 e. The van der Waals surface area contributed by atoms with E-state index in [0.717, 1.165) is 0 Å². The summed E-state index contributed by atoms with van der Waals surface area (Å²) in [5.74, 6) is -8.63. The number of anilines is 1. The first-order valence-corrected chi connectivity index (χ1v) is 10.2. The summed E-state index contributed by atoms with van der Waals surface area (Å²) in [4.78, 5) is 35.1. The van der Waals surface area contributed by atoms with Crippen LogP contribution in [0.5, 0.6) is 0 Å². The molecule has 28 heavy (non-hydrogen) atoms. The van der Waals surface area contributed by atoms with E-state index in [-0.39, 0.29) is 13.1 Å². The summed E-state index contributed by atoms with van der Waals surface area (Å²) in [7, 11) is 0. The minimum absolute atomic E-state index is 0.167. The van der Waals surface area contributed by atoms with E-state index in [1.54, 1.807) is 0 Å². The average molecular weight is 534 g/mol. The van der Waals surface area contributed by atoms with Gasteiger partial charge in [-0.05, 0) is 12.5 Å². The number of alkyl halides is 2. The fraction of sp³-hybridized carbons (Fsp3) is 0.438. The number of aliphatic carboxylic acids is 2. The highest BCUT2D eigenvalue weighted by molar-refractivity contribution is 9.09. The molecule has 0 spiro atoms. The molecule has 0 fully saturated rings. The van der Waals surface area contributed by atoms with Crippen LogP contribution >= 0.6 is 31.9 Å². The monoisotopic (exact) mass is 532 g/mol. The highest BCUT2D eigenvalue weighted by atomic mass is 79.9. The van der Waals surface area contributed by atoms with Crippen LogP contribution in [0.4, 0.5) is 18.9 Å². The molecule has 1 atom stereocenters. The Bertz CT molecular complexity index is 745. The van der Waals surface area contributed by atoms with Crippen LogP contribution in [0.2, 0.25) is 0 Å². The van der Waals surface area contributed by atoms with Crippen LogP contribution in [-0.4, -0.2) is 57.9 Å². The molecule has 12 heteroatoms. The molecule has 1 aromatic carbocycles. The predicted molar refractivity (Wildman–Crippen MR) is 102 cm³/mol. The summed E-state index contributed by atoms with van der Waals surface area (Å²) in [6, 6.07) is -1.18. The SMILES string of the molecule is O=C(O)CC[C@H](NC(=O)c1cc(F)c(N(CCBr)CCBr)c(F)c1F)C(=O)O. The van der Waals surface area contributed by atoms with Gasteiger partial charge in [-0.2, -0.15) is 0 Å². The van der Waals surface area contributed by atoms with Crippen LogP contribution in [-0.2, 0) is 9.59 Å². The summed E-state index contributed by atoms with van der Waals surface area (Å²) < 4.78 is 43.3. The number of benzene rings is 1. The quantitative estimate of drug-likeness (QED) is 0.298. The molecule has 0 aliphatic carbocycles. The van der Waals surface area contributed by atoms with Crippen LogP contribution in [0.15, 0.2) is 6.07 Å². The lowest BCUT2D eigenvalue weighted by Gasteiger charge is -2.25. The van der Waals surface area contributed by atoms with E-state index in [9.17, 15) is 27.6 Å². The molecular formula is C16H17Br2F3N2O5. The summed E-state index contributed by atoms with van der Waals surface area (Å²) >= 11 is 6.26. The van der Waals surface area contributed by atoms with E-state index in [2.05, 4.69) is 31.9 Å². The molecule has 3 N–H and O–H groups in total. The van der Waals surface area contributed by atoms with Crippen molar-refractivity contribution in [2.45, 2.75) is 18.9 Å². The topological polar surface area (TPSA) is 107 Å². The zero-order valence-corrected chi connectivity index (χ0v) is 17.5. The molecule has 1 amide bonds. The smallest absolute Gasteiger partial charge is 0.326 e. The van der Waals surface area contributed by atoms with Crippen LogP contribution in [0.1, 0.15) is 23.2 Å². The maximum atomic E-state index is 14.5. The third-order valence-corrected chi connectivity index (χ3v) is 4.36. The van der Waals surface area contributed by atoms with Gasteiger partial charge in [-0.25, -0.2) is 18.0 Å². The van der Waals surface area contributed by atoms with Gasteiger partial charge in [0.1, 0.15) is 11.7 Å². The molecule has 156 valence electrons. The number of hydrogen-bond donors (Lipinski definition) is 3. The fourth-order valence-corrected chi connectivity index (χ4v) is 3.20. The predicted octanol–water partition coefficient (Wildman–Crippen LogP) is 2.75. The molecule has 0 unspecified atom stereocenters. The second kappa shape index (κ2) is 11.2. The highest BCUT2D eigenvalue weighted by Crippen LogP contribution is 2.28. The van der Waals surface area contributed by atoms with Gasteiger partial charge in [-0.3, -0.25) is 9.59 Å². The van der Waals surface area contributed by atoms with Crippen molar-refractivity contribution in [1.29, 1.82) is 0 Å². The lowest BCUT2D eigenvalue weighted by atomic mass is 10.1. The molecule has 0 radical (unpaired) electrons. The summed E-state index contributed by atoms with van der Waals surface area (Å²) in [5.41, 5.74) is -1.66. The van der Waals surface area contributed by atoms with Gasteiger partial charge in [-0.1, -0.05) is 31.9 Å². The average Bonchev–Trinajstić information content (AvgIpc) is 2.61. The zero-order valence-electron chi connectivity index (χ0n) is 14.4. The number of carbonyl (C=O) groups excluding carboxylic acids is 1. The third-order valence-electron chi connectivity index (χ3n) is 3.65. The van der Waals surface area contributed by atoms with Crippen LogP contribution in [0.25, 0.3) is 0 Å². The van der Waals surface area contributed by atoms with Gasteiger partial charge < -0.3 is 20.4 Å². The molecule has 0 saturated carbocycles. The van der Waals surface area contributed by atoms with Gasteiger partial charge in [-0.15, -0.1) is 0 Å². The molecule has 0 heterocycles. The first-order chi connectivity index (χ1) is 13.1. The molecular weight excluding hydrogens is 517 g/mol. The van der Waals surface area contributed by atoms with Crippen molar-refractivity contribution in [1.82, 2.24) is 5.32 Å². The number of carbonyl (C=O) groups is 3. The second-order valence-corrected chi connectivity index (χ2v) is 7.13. The van der Waals surface area contributed by atoms with E-state index >= 15 is 0 Å². The lowest BCUT2D eigenvalue weighted by Crippen LogP contribution is -2.41. The second-order valence-electron chi connectivity index (χ2n) is 5.54. The number of carboxylic acid groups (broad SMARTS) is 2.